The van der Waals surface area contributed by atoms with Crippen molar-refractivity contribution in [1.29, 1.82) is 0 Å². The van der Waals surface area contributed by atoms with Gasteiger partial charge in [0.25, 0.3) is 0 Å². The zero-order valence-electron chi connectivity index (χ0n) is 12.8. The lowest BCUT2D eigenvalue weighted by Gasteiger charge is -2.37. The van der Waals surface area contributed by atoms with Gasteiger partial charge in [0.15, 0.2) is 0 Å². The van der Waals surface area contributed by atoms with Crippen molar-refractivity contribution in [3.8, 4) is 0 Å². The van der Waals surface area contributed by atoms with E-state index in [1.54, 1.807) is 0 Å². The van der Waals surface area contributed by atoms with Crippen molar-refractivity contribution in [3.63, 3.8) is 0 Å². The lowest BCUT2D eigenvalue weighted by atomic mass is 9.74. The third kappa shape index (κ3) is 5.05. The second-order valence-corrected chi connectivity index (χ2v) is 6.99. The predicted octanol–water partition coefficient (Wildman–Crippen LogP) is 2.56. The molecule has 0 aromatic heterocycles. The second-order valence-electron chi connectivity index (χ2n) is 6.99. The van der Waals surface area contributed by atoms with E-state index >= 15 is 0 Å². The molecule has 2 aliphatic rings. The van der Waals surface area contributed by atoms with Gasteiger partial charge in [0, 0.05) is 25.8 Å². The van der Waals surface area contributed by atoms with Crippen LogP contribution < -0.4 is 10.6 Å². The van der Waals surface area contributed by atoms with E-state index in [0.717, 1.165) is 38.3 Å². The SMILES string of the molecule is CC(C)(CNCCC1CCCCN1)C1CCOCC1. The van der Waals surface area contributed by atoms with E-state index in [0.29, 0.717) is 5.41 Å². The molecular formula is C16H32N2O. The highest BCUT2D eigenvalue weighted by Gasteiger charge is 2.30. The van der Waals surface area contributed by atoms with Gasteiger partial charge in [-0.25, -0.2) is 0 Å². The summed E-state index contributed by atoms with van der Waals surface area (Å²) in [4.78, 5) is 0. The minimum atomic E-state index is 0.407. The Morgan fingerprint density at radius 1 is 1.16 bits per heavy atom. The van der Waals surface area contributed by atoms with Gasteiger partial charge in [0.05, 0.1) is 0 Å². The van der Waals surface area contributed by atoms with Crippen molar-refractivity contribution in [1.82, 2.24) is 10.6 Å². The number of nitrogens with one attached hydrogen (secondary N) is 2. The number of ether oxygens (including phenoxy) is 1. The fourth-order valence-electron chi connectivity index (χ4n) is 3.48. The Morgan fingerprint density at radius 3 is 2.63 bits per heavy atom. The molecule has 1 atom stereocenters. The van der Waals surface area contributed by atoms with Crippen molar-refractivity contribution in [3.05, 3.63) is 0 Å². The maximum Gasteiger partial charge on any atom is 0.0468 e. The normalized spacial score (nSPS) is 26.5. The minimum absolute atomic E-state index is 0.407. The zero-order chi connectivity index (χ0) is 13.6. The van der Waals surface area contributed by atoms with Crippen molar-refractivity contribution in [2.75, 3.05) is 32.8 Å². The van der Waals surface area contributed by atoms with Crippen LogP contribution in [0.1, 0.15) is 52.4 Å². The van der Waals surface area contributed by atoms with Gasteiger partial charge >= 0.3 is 0 Å². The van der Waals surface area contributed by atoms with E-state index in [-0.39, 0.29) is 0 Å². The van der Waals surface area contributed by atoms with E-state index in [1.807, 2.05) is 0 Å². The molecule has 19 heavy (non-hydrogen) atoms. The van der Waals surface area contributed by atoms with E-state index < -0.39 is 0 Å². The molecular weight excluding hydrogens is 236 g/mol. The molecule has 2 aliphatic heterocycles. The summed E-state index contributed by atoms with van der Waals surface area (Å²) < 4.78 is 5.47. The molecule has 2 saturated heterocycles. The maximum atomic E-state index is 5.47. The second kappa shape index (κ2) is 7.61. The quantitative estimate of drug-likeness (QED) is 0.726. The Labute approximate surface area is 118 Å². The Hall–Kier alpha value is -0.120. The van der Waals surface area contributed by atoms with E-state index in [4.69, 9.17) is 4.74 Å². The van der Waals surface area contributed by atoms with Crippen LogP contribution >= 0.6 is 0 Å². The van der Waals surface area contributed by atoms with Gasteiger partial charge in [0.1, 0.15) is 0 Å². The monoisotopic (exact) mass is 268 g/mol. The minimum Gasteiger partial charge on any atom is -0.381 e. The summed E-state index contributed by atoms with van der Waals surface area (Å²) in [5.74, 6) is 0.821. The van der Waals surface area contributed by atoms with Crippen LogP contribution in [0.25, 0.3) is 0 Å². The van der Waals surface area contributed by atoms with Crippen molar-refractivity contribution < 1.29 is 4.74 Å². The van der Waals surface area contributed by atoms with Gasteiger partial charge in [-0.3, -0.25) is 0 Å². The predicted molar refractivity (Wildman–Crippen MR) is 80.5 cm³/mol. The smallest absolute Gasteiger partial charge is 0.0468 e. The van der Waals surface area contributed by atoms with Crippen LogP contribution in [0.15, 0.2) is 0 Å². The van der Waals surface area contributed by atoms with E-state index in [9.17, 15) is 0 Å². The molecule has 3 nitrogen and oxygen atoms in total. The number of piperidine rings is 1. The molecule has 0 aromatic carbocycles. The van der Waals surface area contributed by atoms with Crippen LogP contribution in [0.3, 0.4) is 0 Å². The number of hydrogen-bond acceptors (Lipinski definition) is 3. The molecule has 2 N–H and O–H groups in total. The molecule has 0 saturated carbocycles. The fourth-order valence-corrected chi connectivity index (χ4v) is 3.48. The third-order valence-corrected chi connectivity index (χ3v) is 4.99. The van der Waals surface area contributed by atoms with Gasteiger partial charge < -0.3 is 15.4 Å². The molecule has 0 aromatic rings. The number of rotatable bonds is 6. The summed E-state index contributed by atoms with van der Waals surface area (Å²) in [6.45, 7) is 10.3. The van der Waals surface area contributed by atoms with Gasteiger partial charge in [0.2, 0.25) is 0 Å². The average molecular weight is 268 g/mol. The fraction of sp³-hybridized carbons (Fsp3) is 1.00. The number of hydrogen-bond donors (Lipinski definition) is 2. The first kappa shape index (κ1) is 15.3. The van der Waals surface area contributed by atoms with Crippen LogP contribution in [0.2, 0.25) is 0 Å². The van der Waals surface area contributed by atoms with Crippen LogP contribution in [0.4, 0.5) is 0 Å². The maximum absolute atomic E-state index is 5.47. The lowest BCUT2D eigenvalue weighted by molar-refractivity contribution is 0.0228. The van der Waals surface area contributed by atoms with Gasteiger partial charge in [-0.15, -0.1) is 0 Å². The molecule has 0 aliphatic carbocycles. The van der Waals surface area contributed by atoms with Crippen LogP contribution in [0, 0.1) is 11.3 Å². The molecule has 1 unspecified atom stereocenters. The molecule has 0 radical (unpaired) electrons. The van der Waals surface area contributed by atoms with Crippen LogP contribution in [0.5, 0.6) is 0 Å². The molecule has 2 fully saturated rings. The Bertz CT molecular complexity index is 243. The first-order valence-electron chi connectivity index (χ1n) is 8.20. The topological polar surface area (TPSA) is 33.3 Å². The standard InChI is InChI=1S/C16H32N2O/c1-16(2,14-7-11-19-12-8-14)13-17-10-6-15-5-3-4-9-18-15/h14-15,17-18H,3-13H2,1-2H3. The van der Waals surface area contributed by atoms with Crippen LogP contribution in [-0.2, 0) is 4.74 Å². The summed E-state index contributed by atoms with van der Waals surface area (Å²) in [5.41, 5.74) is 0.407. The van der Waals surface area contributed by atoms with Gasteiger partial charge in [-0.2, -0.15) is 0 Å². The highest BCUT2D eigenvalue weighted by molar-refractivity contribution is 4.82. The summed E-state index contributed by atoms with van der Waals surface area (Å²) >= 11 is 0. The summed E-state index contributed by atoms with van der Waals surface area (Å²) in [6, 6.07) is 0.757. The first-order valence-corrected chi connectivity index (χ1v) is 8.20. The average Bonchev–Trinajstić information content (AvgIpc) is 2.46. The highest BCUT2D eigenvalue weighted by Crippen LogP contribution is 2.33. The Balaban J connectivity index is 1.60. The van der Waals surface area contributed by atoms with Gasteiger partial charge in [-0.1, -0.05) is 20.3 Å². The van der Waals surface area contributed by atoms with Crippen LogP contribution in [-0.4, -0.2) is 38.9 Å². The lowest BCUT2D eigenvalue weighted by Crippen LogP contribution is -2.41. The van der Waals surface area contributed by atoms with Gasteiger partial charge in [-0.05, 0) is 56.5 Å². The first-order chi connectivity index (χ1) is 9.18. The molecule has 0 spiro atoms. The molecule has 2 rings (SSSR count). The van der Waals surface area contributed by atoms with Crippen molar-refractivity contribution >= 4 is 0 Å². The largest absolute Gasteiger partial charge is 0.381 e. The molecule has 0 bridgehead atoms. The Morgan fingerprint density at radius 2 is 1.95 bits per heavy atom. The summed E-state index contributed by atoms with van der Waals surface area (Å²) in [7, 11) is 0. The van der Waals surface area contributed by atoms with Crippen molar-refractivity contribution in [2.45, 2.75) is 58.4 Å². The Kier molecular flexibility index (Phi) is 6.11. The van der Waals surface area contributed by atoms with E-state index in [1.165, 1.54) is 45.1 Å². The third-order valence-electron chi connectivity index (χ3n) is 4.99. The summed E-state index contributed by atoms with van der Waals surface area (Å²) in [5, 5.41) is 7.31. The highest BCUT2D eigenvalue weighted by atomic mass is 16.5. The molecule has 112 valence electrons. The molecule has 2 heterocycles. The molecule has 0 amide bonds. The van der Waals surface area contributed by atoms with Crippen molar-refractivity contribution in [2.24, 2.45) is 11.3 Å². The summed E-state index contributed by atoms with van der Waals surface area (Å²) in [6.07, 6.45) is 7.89. The zero-order valence-corrected chi connectivity index (χ0v) is 12.8. The van der Waals surface area contributed by atoms with E-state index in [2.05, 4.69) is 24.5 Å². The molecule has 3 heteroatoms.